The minimum atomic E-state index is -0.380. The lowest BCUT2D eigenvalue weighted by molar-refractivity contribution is -0.386. The molecule has 0 saturated heterocycles. The molecule has 6 heteroatoms. The Kier molecular flexibility index (Phi) is 3.47. The van der Waals surface area contributed by atoms with Crippen molar-refractivity contribution in [2.75, 3.05) is 0 Å². The first-order chi connectivity index (χ1) is 8.49. The Labute approximate surface area is 113 Å². The normalized spacial score (nSPS) is 10.6. The van der Waals surface area contributed by atoms with Gasteiger partial charge < -0.3 is 0 Å². The van der Waals surface area contributed by atoms with Crippen LogP contribution in [-0.4, -0.2) is 14.7 Å². The molecule has 94 valence electrons. The van der Waals surface area contributed by atoms with Gasteiger partial charge in [0, 0.05) is 4.47 Å². The van der Waals surface area contributed by atoms with Gasteiger partial charge in [-0.2, -0.15) is 5.10 Å². The van der Waals surface area contributed by atoms with Crippen molar-refractivity contribution < 1.29 is 4.92 Å². The van der Waals surface area contributed by atoms with E-state index < -0.39 is 0 Å². The van der Waals surface area contributed by atoms with Gasteiger partial charge in [-0.1, -0.05) is 28.1 Å². The van der Waals surface area contributed by atoms with Gasteiger partial charge in [-0.05, 0) is 31.5 Å². The molecular formula is C12H12BrN3O2. The van der Waals surface area contributed by atoms with Gasteiger partial charge in [-0.25, -0.2) is 0 Å². The maximum Gasteiger partial charge on any atom is 0.312 e. The molecule has 1 aromatic heterocycles. The second-order valence-corrected chi connectivity index (χ2v) is 4.98. The number of hydrogen-bond acceptors (Lipinski definition) is 3. The molecule has 18 heavy (non-hydrogen) atoms. The van der Waals surface area contributed by atoms with E-state index in [1.54, 1.807) is 18.5 Å². The van der Waals surface area contributed by atoms with Crippen molar-refractivity contribution in [3.05, 3.63) is 55.8 Å². The highest BCUT2D eigenvalue weighted by Gasteiger charge is 2.21. The third kappa shape index (κ3) is 2.43. The SMILES string of the molecule is Cc1nn(Cc2cccc(Br)c2)c(C)c1[N+](=O)[O-]. The average molecular weight is 310 g/mol. The zero-order valence-corrected chi connectivity index (χ0v) is 11.6. The Bertz CT molecular complexity index is 607. The zero-order valence-electron chi connectivity index (χ0n) is 10.1. The summed E-state index contributed by atoms with van der Waals surface area (Å²) in [5, 5.41) is 15.1. The van der Waals surface area contributed by atoms with E-state index >= 15 is 0 Å². The monoisotopic (exact) mass is 309 g/mol. The summed E-state index contributed by atoms with van der Waals surface area (Å²) in [5.41, 5.74) is 2.18. The molecule has 0 spiro atoms. The number of nitrogens with zero attached hydrogens (tertiary/aromatic N) is 3. The summed E-state index contributed by atoms with van der Waals surface area (Å²) in [5.74, 6) is 0. The van der Waals surface area contributed by atoms with Crippen LogP contribution in [0, 0.1) is 24.0 Å². The predicted molar refractivity (Wildman–Crippen MR) is 71.6 cm³/mol. The molecular weight excluding hydrogens is 298 g/mol. The zero-order chi connectivity index (χ0) is 13.3. The minimum Gasteiger partial charge on any atom is -0.258 e. The van der Waals surface area contributed by atoms with E-state index in [-0.39, 0.29) is 10.6 Å². The molecule has 0 radical (unpaired) electrons. The third-order valence-electron chi connectivity index (χ3n) is 2.75. The van der Waals surface area contributed by atoms with E-state index in [4.69, 9.17) is 0 Å². The quantitative estimate of drug-likeness (QED) is 0.646. The lowest BCUT2D eigenvalue weighted by Gasteiger charge is -2.04. The number of halogens is 1. The second kappa shape index (κ2) is 4.89. The van der Waals surface area contributed by atoms with Gasteiger partial charge >= 0.3 is 5.69 Å². The van der Waals surface area contributed by atoms with Crippen LogP contribution in [0.5, 0.6) is 0 Å². The maximum atomic E-state index is 10.9. The summed E-state index contributed by atoms with van der Waals surface area (Å²) < 4.78 is 2.64. The minimum absolute atomic E-state index is 0.102. The number of hydrogen-bond donors (Lipinski definition) is 0. The van der Waals surface area contributed by atoms with Gasteiger partial charge in [0.1, 0.15) is 11.4 Å². The van der Waals surface area contributed by atoms with E-state index in [9.17, 15) is 10.1 Å². The van der Waals surface area contributed by atoms with Crippen LogP contribution in [0.25, 0.3) is 0 Å². The molecule has 0 unspecified atom stereocenters. The summed E-state index contributed by atoms with van der Waals surface area (Å²) in [4.78, 5) is 10.5. The molecule has 1 aromatic carbocycles. The van der Waals surface area contributed by atoms with Crippen LogP contribution in [0.2, 0.25) is 0 Å². The van der Waals surface area contributed by atoms with Gasteiger partial charge in [-0.3, -0.25) is 14.8 Å². The number of aryl methyl sites for hydroxylation is 1. The van der Waals surface area contributed by atoms with Crippen molar-refractivity contribution in [1.29, 1.82) is 0 Å². The number of rotatable bonds is 3. The lowest BCUT2D eigenvalue weighted by Crippen LogP contribution is -2.04. The van der Waals surface area contributed by atoms with Gasteiger partial charge in [0.05, 0.1) is 11.5 Å². The smallest absolute Gasteiger partial charge is 0.258 e. The van der Waals surface area contributed by atoms with Crippen LogP contribution in [0.4, 0.5) is 5.69 Å². The largest absolute Gasteiger partial charge is 0.312 e. The van der Waals surface area contributed by atoms with E-state index in [0.717, 1.165) is 10.0 Å². The van der Waals surface area contributed by atoms with Crippen LogP contribution in [0.1, 0.15) is 17.0 Å². The first kappa shape index (κ1) is 12.8. The molecule has 0 fully saturated rings. The van der Waals surface area contributed by atoms with Crippen LogP contribution >= 0.6 is 15.9 Å². The van der Waals surface area contributed by atoms with Gasteiger partial charge in [0.15, 0.2) is 0 Å². The van der Waals surface area contributed by atoms with Gasteiger partial charge in [-0.15, -0.1) is 0 Å². The Morgan fingerprint density at radius 1 is 1.44 bits per heavy atom. The molecule has 0 aliphatic carbocycles. The van der Waals surface area contributed by atoms with E-state index in [2.05, 4.69) is 21.0 Å². The highest BCUT2D eigenvalue weighted by atomic mass is 79.9. The van der Waals surface area contributed by atoms with Crippen LogP contribution in [0.3, 0.4) is 0 Å². The Morgan fingerprint density at radius 2 is 2.17 bits per heavy atom. The first-order valence-corrected chi connectivity index (χ1v) is 6.21. The van der Waals surface area contributed by atoms with Crippen molar-refractivity contribution in [3.8, 4) is 0 Å². The number of nitro groups is 1. The van der Waals surface area contributed by atoms with E-state index in [1.165, 1.54) is 0 Å². The fourth-order valence-corrected chi connectivity index (χ4v) is 2.36. The maximum absolute atomic E-state index is 10.9. The molecule has 5 nitrogen and oxygen atoms in total. The standard InChI is InChI=1S/C12H12BrN3O2/c1-8-12(16(17)18)9(2)15(14-8)7-10-4-3-5-11(13)6-10/h3-6H,7H2,1-2H3. The van der Waals surface area contributed by atoms with Crippen molar-refractivity contribution in [2.24, 2.45) is 0 Å². The van der Waals surface area contributed by atoms with E-state index in [0.29, 0.717) is 17.9 Å². The molecule has 0 saturated carbocycles. The summed E-state index contributed by atoms with van der Waals surface area (Å²) >= 11 is 3.40. The van der Waals surface area contributed by atoms with Crippen LogP contribution in [-0.2, 0) is 6.54 Å². The van der Waals surface area contributed by atoms with Crippen molar-refractivity contribution in [3.63, 3.8) is 0 Å². The highest BCUT2D eigenvalue weighted by Crippen LogP contribution is 2.23. The number of benzene rings is 1. The molecule has 0 N–H and O–H groups in total. The van der Waals surface area contributed by atoms with Crippen LogP contribution in [0.15, 0.2) is 28.7 Å². The summed E-state index contributed by atoms with van der Waals surface area (Å²) in [7, 11) is 0. The fraction of sp³-hybridized carbons (Fsp3) is 0.250. The molecule has 2 rings (SSSR count). The second-order valence-electron chi connectivity index (χ2n) is 4.06. The summed E-state index contributed by atoms with van der Waals surface area (Å²) in [6, 6.07) is 7.81. The molecule has 0 aliphatic heterocycles. The molecule has 1 heterocycles. The fourth-order valence-electron chi connectivity index (χ4n) is 1.91. The van der Waals surface area contributed by atoms with Crippen molar-refractivity contribution in [1.82, 2.24) is 9.78 Å². The Balaban J connectivity index is 2.36. The van der Waals surface area contributed by atoms with Gasteiger partial charge in [0.2, 0.25) is 0 Å². The predicted octanol–water partition coefficient (Wildman–Crippen LogP) is 3.22. The molecule has 2 aromatic rings. The van der Waals surface area contributed by atoms with Crippen molar-refractivity contribution >= 4 is 21.6 Å². The Hall–Kier alpha value is -1.69. The Morgan fingerprint density at radius 3 is 2.72 bits per heavy atom. The highest BCUT2D eigenvalue weighted by molar-refractivity contribution is 9.10. The van der Waals surface area contributed by atoms with Crippen LogP contribution < -0.4 is 0 Å². The topological polar surface area (TPSA) is 61.0 Å². The van der Waals surface area contributed by atoms with E-state index in [1.807, 2.05) is 24.3 Å². The molecule has 0 bridgehead atoms. The summed E-state index contributed by atoms with van der Waals surface area (Å²) in [6.45, 7) is 3.90. The first-order valence-electron chi connectivity index (χ1n) is 5.42. The molecule has 0 amide bonds. The molecule has 0 aliphatic rings. The lowest BCUT2D eigenvalue weighted by atomic mass is 10.2. The average Bonchev–Trinajstić information content (AvgIpc) is 2.54. The van der Waals surface area contributed by atoms with Gasteiger partial charge in [0.25, 0.3) is 0 Å². The number of aromatic nitrogens is 2. The van der Waals surface area contributed by atoms with Crippen molar-refractivity contribution in [2.45, 2.75) is 20.4 Å². The summed E-state index contributed by atoms with van der Waals surface area (Å²) in [6.07, 6.45) is 0. The molecule has 0 atom stereocenters. The third-order valence-corrected chi connectivity index (χ3v) is 3.24.